The molecule has 5 atom stereocenters. The Balaban J connectivity index is 1.83. The fourth-order valence-corrected chi connectivity index (χ4v) is 6.44. The van der Waals surface area contributed by atoms with Crippen LogP contribution < -0.4 is 4.90 Å². The van der Waals surface area contributed by atoms with E-state index in [0.29, 0.717) is 12.8 Å². The van der Waals surface area contributed by atoms with E-state index in [4.69, 9.17) is 9.47 Å². The minimum absolute atomic E-state index is 0.0161. The number of para-hydroxylation sites is 1. The number of carbonyl (C=O) groups is 3. The van der Waals surface area contributed by atoms with Gasteiger partial charge >= 0.3 is 5.97 Å². The number of hydrogen-bond donors (Lipinski definition) is 1. The van der Waals surface area contributed by atoms with Crippen molar-refractivity contribution in [2.75, 3.05) is 31.2 Å². The summed E-state index contributed by atoms with van der Waals surface area (Å²) in [5.74, 6) is -2.72. The smallest absolute Gasteiger partial charge is 0.312 e. The number of amides is 2. The summed E-state index contributed by atoms with van der Waals surface area (Å²) in [5, 5.41) is 9.76. The van der Waals surface area contributed by atoms with E-state index < -0.39 is 35.0 Å². The van der Waals surface area contributed by atoms with E-state index in [2.05, 4.69) is 6.58 Å². The van der Waals surface area contributed by atoms with Crippen molar-refractivity contribution in [3.8, 4) is 0 Å². The predicted octanol–water partition coefficient (Wildman–Crippen LogP) is 2.14. The Morgan fingerprint density at radius 1 is 1.32 bits per heavy atom. The molecule has 3 saturated heterocycles. The Morgan fingerprint density at radius 2 is 2.00 bits per heavy atom. The number of aliphatic hydroxyl groups is 1. The molecule has 1 spiro atoms. The van der Waals surface area contributed by atoms with Gasteiger partial charge in [-0.05, 0) is 51.7 Å². The molecule has 0 saturated carbocycles. The third kappa shape index (κ3) is 3.38. The Hall–Kier alpha value is -2.71. The maximum atomic E-state index is 14.3. The molecule has 3 heterocycles. The molecular formula is C26H34N2O6. The van der Waals surface area contributed by atoms with Crippen LogP contribution in [0.3, 0.4) is 0 Å². The first-order valence-corrected chi connectivity index (χ1v) is 11.9. The summed E-state index contributed by atoms with van der Waals surface area (Å²) in [6.07, 6.45) is 2.67. The van der Waals surface area contributed by atoms with Crippen LogP contribution in [-0.2, 0) is 23.9 Å². The quantitative estimate of drug-likeness (QED) is 0.462. The Kier molecular flexibility index (Phi) is 6.33. The van der Waals surface area contributed by atoms with Gasteiger partial charge in [0.25, 0.3) is 5.91 Å². The molecule has 3 aliphatic heterocycles. The monoisotopic (exact) mass is 470 g/mol. The zero-order chi connectivity index (χ0) is 24.8. The average Bonchev–Trinajstić information content (AvgIpc) is 3.34. The third-order valence-corrected chi connectivity index (χ3v) is 7.68. The molecular weight excluding hydrogens is 436 g/mol. The second kappa shape index (κ2) is 8.82. The number of nitrogens with zero attached hydrogens (tertiary/aromatic N) is 2. The molecule has 184 valence electrons. The molecule has 2 amide bonds. The van der Waals surface area contributed by atoms with Crippen molar-refractivity contribution in [1.82, 2.24) is 4.90 Å². The molecule has 0 aliphatic carbocycles. The molecule has 3 aliphatic rings. The highest BCUT2D eigenvalue weighted by atomic mass is 16.6. The minimum Gasteiger partial charge on any atom is -0.466 e. The Labute approximate surface area is 200 Å². The van der Waals surface area contributed by atoms with E-state index in [-0.39, 0.29) is 38.1 Å². The van der Waals surface area contributed by atoms with E-state index in [1.54, 1.807) is 17.9 Å². The molecule has 3 fully saturated rings. The Morgan fingerprint density at radius 3 is 2.59 bits per heavy atom. The van der Waals surface area contributed by atoms with Gasteiger partial charge in [-0.15, -0.1) is 6.58 Å². The minimum atomic E-state index is -1.15. The van der Waals surface area contributed by atoms with Gasteiger partial charge in [-0.3, -0.25) is 14.4 Å². The predicted molar refractivity (Wildman–Crippen MR) is 126 cm³/mol. The number of carbonyl (C=O) groups excluding carboxylic acids is 3. The lowest BCUT2D eigenvalue weighted by molar-refractivity contribution is -0.159. The molecule has 8 heteroatoms. The molecule has 2 bridgehead atoms. The number of anilines is 1. The van der Waals surface area contributed by atoms with Crippen molar-refractivity contribution in [3.63, 3.8) is 0 Å². The molecule has 0 aromatic heterocycles. The number of ether oxygens (including phenoxy) is 2. The van der Waals surface area contributed by atoms with Crippen LogP contribution in [0.4, 0.5) is 5.69 Å². The Bertz CT molecular complexity index is 1000. The van der Waals surface area contributed by atoms with Crippen LogP contribution in [0.15, 0.2) is 30.9 Å². The van der Waals surface area contributed by atoms with Gasteiger partial charge in [-0.25, -0.2) is 0 Å². The molecule has 1 N–H and O–H groups in total. The fourth-order valence-electron chi connectivity index (χ4n) is 6.44. The van der Waals surface area contributed by atoms with Gasteiger partial charge in [-0.2, -0.15) is 0 Å². The summed E-state index contributed by atoms with van der Waals surface area (Å²) >= 11 is 0. The van der Waals surface area contributed by atoms with Crippen LogP contribution in [0, 0.1) is 25.7 Å². The number of likely N-dealkylation sites (tertiary alicyclic amines) is 1. The molecule has 8 nitrogen and oxygen atoms in total. The summed E-state index contributed by atoms with van der Waals surface area (Å²) < 4.78 is 11.9. The van der Waals surface area contributed by atoms with Crippen molar-refractivity contribution in [2.24, 2.45) is 11.8 Å². The molecule has 34 heavy (non-hydrogen) atoms. The zero-order valence-corrected chi connectivity index (χ0v) is 20.4. The van der Waals surface area contributed by atoms with Crippen LogP contribution in [0.5, 0.6) is 0 Å². The van der Waals surface area contributed by atoms with E-state index in [9.17, 15) is 19.5 Å². The van der Waals surface area contributed by atoms with Crippen LogP contribution in [0.25, 0.3) is 0 Å². The van der Waals surface area contributed by atoms with Crippen LogP contribution >= 0.6 is 0 Å². The van der Waals surface area contributed by atoms with Gasteiger partial charge in [0.15, 0.2) is 0 Å². The second-order valence-electron chi connectivity index (χ2n) is 9.71. The van der Waals surface area contributed by atoms with E-state index in [1.165, 1.54) is 4.90 Å². The third-order valence-electron chi connectivity index (χ3n) is 7.68. The zero-order valence-electron chi connectivity index (χ0n) is 20.4. The molecule has 2 unspecified atom stereocenters. The summed E-state index contributed by atoms with van der Waals surface area (Å²) in [6.45, 7) is 11.4. The van der Waals surface area contributed by atoms with Gasteiger partial charge in [0, 0.05) is 18.8 Å². The SMILES string of the molecule is C=CCN(C(=O)C1N(CCO)C(=O)[C@@H]2[C@@H](C(=O)OCC)[C@@]3(C)CCC12O3)c1c(C)cccc1C. The van der Waals surface area contributed by atoms with Crippen molar-refractivity contribution in [1.29, 1.82) is 0 Å². The number of aryl methyl sites for hydroxylation is 2. The van der Waals surface area contributed by atoms with Gasteiger partial charge in [0.2, 0.25) is 5.91 Å². The molecule has 4 rings (SSSR count). The first-order valence-electron chi connectivity index (χ1n) is 11.9. The van der Waals surface area contributed by atoms with E-state index in [0.717, 1.165) is 16.8 Å². The number of fused-ring (bicyclic) bond motifs is 1. The lowest BCUT2D eigenvalue weighted by atomic mass is 9.66. The maximum absolute atomic E-state index is 14.3. The van der Waals surface area contributed by atoms with Gasteiger partial charge in [-0.1, -0.05) is 24.3 Å². The first kappa shape index (κ1) is 24.4. The van der Waals surface area contributed by atoms with Crippen molar-refractivity contribution >= 4 is 23.5 Å². The lowest BCUT2D eigenvalue weighted by Gasteiger charge is -2.37. The number of hydrogen-bond acceptors (Lipinski definition) is 6. The van der Waals surface area contributed by atoms with E-state index in [1.807, 2.05) is 39.0 Å². The highest BCUT2D eigenvalue weighted by Gasteiger charge is 2.78. The second-order valence-corrected chi connectivity index (χ2v) is 9.71. The van der Waals surface area contributed by atoms with Gasteiger partial charge < -0.3 is 24.4 Å². The highest BCUT2D eigenvalue weighted by molar-refractivity contribution is 6.05. The number of aliphatic hydroxyl groups excluding tert-OH is 1. The summed E-state index contributed by atoms with van der Waals surface area (Å²) in [7, 11) is 0. The van der Waals surface area contributed by atoms with Crippen molar-refractivity contribution < 1.29 is 29.0 Å². The highest BCUT2D eigenvalue weighted by Crippen LogP contribution is 2.63. The standard InChI is InChI=1S/C26H34N2O6/c1-6-13-27(20-16(3)9-8-10-17(20)4)23(31)21-26-12-11-25(5,34-26)19(24(32)33-7-2)18(26)22(30)28(21)14-15-29/h6,8-10,18-19,21,29H,1,7,11-15H2,2-5H3/t18-,19-,21?,25+,26?/m0/s1. The largest absolute Gasteiger partial charge is 0.466 e. The summed E-state index contributed by atoms with van der Waals surface area (Å²) in [5.41, 5.74) is 0.596. The maximum Gasteiger partial charge on any atom is 0.312 e. The van der Waals surface area contributed by atoms with Crippen molar-refractivity contribution in [2.45, 2.75) is 57.8 Å². The van der Waals surface area contributed by atoms with Crippen LogP contribution in [0.1, 0.15) is 37.8 Å². The van der Waals surface area contributed by atoms with Crippen LogP contribution in [-0.4, -0.2) is 71.3 Å². The fraction of sp³-hybridized carbons (Fsp3) is 0.577. The lowest BCUT2D eigenvalue weighted by Crippen LogP contribution is -2.57. The number of β-amino-alcohol motifs (C(OH)–C–C–N with tert-alkyl or cyclic N) is 1. The van der Waals surface area contributed by atoms with Gasteiger partial charge in [0.1, 0.15) is 17.6 Å². The van der Waals surface area contributed by atoms with Crippen LogP contribution in [0.2, 0.25) is 0 Å². The first-order chi connectivity index (χ1) is 16.2. The summed E-state index contributed by atoms with van der Waals surface area (Å²) in [6, 6.07) is 4.85. The topological polar surface area (TPSA) is 96.4 Å². The van der Waals surface area contributed by atoms with Crippen molar-refractivity contribution in [3.05, 3.63) is 42.0 Å². The van der Waals surface area contributed by atoms with E-state index >= 15 is 0 Å². The molecule has 1 aromatic carbocycles. The number of rotatable bonds is 8. The number of benzene rings is 1. The molecule has 0 radical (unpaired) electrons. The number of esters is 1. The summed E-state index contributed by atoms with van der Waals surface area (Å²) in [4.78, 5) is 44.1. The van der Waals surface area contributed by atoms with Gasteiger partial charge in [0.05, 0.1) is 24.7 Å². The molecule has 1 aromatic rings. The normalized spacial score (nSPS) is 31.5. The average molecular weight is 471 g/mol.